The monoisotopic (exact) mass is 415 g/mol. The average Bonchev–Trinajstić information content (AvgIpc) is 3.04. The molecule has 3 rings (SSSR count). The number of imidazole rings is 1. The highest BCUT2D eigenvalue weighted by Crippen LogP contribution is 2.16. The predicted octanol–water partition coefficient (Wildman–Crippen LogP) is 2.08. The molecule has 0 fully saturated rings. The van der Waals surface area contributed by atoms with Gasteiger partial charge in [0.05, 0.1) is 6.21 Å². The molecule has 0 saturated carbocycles. The van der Waals surface area contributed by atoms with Gasteiger partial charge >= 0.3 is 5.69 Å². The quantitative estimate of drug-likeness (QED) is 0.474. The first kappa shape index (κ1) is 20.4. The fourth-order valence-corrected chi connectivity index (χ4v) is 2.81. The third kappa shape index (κ3) is 4.40. The van der Waals surface area contributed by atoms with E-state index in [1.165, 1.54) is 4.57 Å². The lowest BCUT2D eigenvalue weighted by molar-refractivity contribution is 0.818. The number of fused-ring (bicyclic) bond motifs is 1. The molecule has 2 aromatic heterocycles. The first-order valence-electron chi connectivity index (χ1n) is 8.86. The molecule has 2 N–H and O–H groups in total. The summed E-state index contributed by atoms with van der Waals surface area (Å²) < 4.78 is 2.89. The number of hydrogen-bond acceptors (Lipinski definition) is 6. The van der Waals surface area contributed by atoms with Crippen molar-refractivity contribution in [3.8, 4) is 0 Å². The van der Waals surface area contributed by atoms with Crippen LogP contribution in [0.25, 0.3) is 11.2 Å². The number of anilines is 2. The van der Waals surface area contributed by atoms with Crippen LogP contribution in [0.2, 0.25) is 0 Å². The van der Waals surface area contributed by atoms with Crippen LogP contribution in [0.1, 0.15) is 12.5 Å². The molecular formula is C19H22ClN7O2. The first-order chi connectivity index (χ1) is 13.8. The van der Waals surface area contributed by atoms with Crippen molar-refractivity contribution in [3.63, 3.8) is 0 Å². The molecule has 0 radical (unpaired) electrons. The van der Waals surface area contributed by atoms with Crippen molar-refractivity contribution in [1.29, 1.82) is 0 Å². The van der Waals surface area contributed by atoms with Gasteiger partial charge < -0.3 is 4.90 Å². The maximum absolute atomic E-state index is 12.4. The normalized spacial score (nSPS) is 12.1. The van der Waals surface area contributed by atoms with Gasteiger partial charge in [-0.15, -0.1) is 0 Å². The van der Waals surface area contributed by atoms with Gasteiger partial charge in [0.2, 0.25) is 5.95 Å². The maximum Gasteiger partial charge on any atom is 0.329 e. The number of nitrogens with one attached hydrogen (secondary N) is 2. The van der Waals surface area contributed by atoms with E-state index >= 15 is 0 Å². The summed E-state index contributed by atoms with van der Waals surface area (Å²) in [7, 11) is 5.49. The van der Waals surface area contributed by atoms with Crippen LogP contribution in [-0.2, 0) is 13.6 Å². The van der Waals surface area contributed by atoms with Crippen molar-refractivity contribution in [2.75, 3.05) is 24.4 Å². The molecule has 1 aromatic carbocycles. The molecule has 0 spiro atoms. The van der Waals surface area contributed by atoms with E-state index in [2.05, 4.69) is 20.5 Å². The Morgan fingerprint density at radius 1 is 1.31 bits per heavy atom. The Labute approximate surface area is 171 Å². The lowest BCUT2D eigenvalue weighted by Gasteiger charge is -2.11. The summed E-state index contributed by atoms with van der Waals surface area (Å²) in [5.41, 5.74) is 4.30. The summed E-state index contributed by atoms with van der Waals surface area (Å²) >= 11 is 5.95. The number of allylic oxidation sites excluding steroid dienone is 2. The van der Waals surface area contributed by atoms with Gasteiger partial charge in [-0.2, -0.15) is 10.1 Å². The van der Waals surface area contributed by atoms with E-state index < -0.39 is 11.2 Å². The first-order valence-corrected chi connectivity index (χ1v) is 9.24. The molecule has 0 aliphatic heterocycles. The van der Waals surface area contributed by atoms with Crippen LogP contribution in [0.15, 0.2) is 50.1 Å². The largest absolute Gasteiger partial charge is 0.378 e. The standard InChI is InChI=1S/C19H22ClN7O2/c1-12(20)9-10-27-15-16(26(4)19(29)23-17(15)28)22-18(27)24-21-11-13-5-7-14(8-6-13)25(2)3/h5-9,11H,10H2,1-4H3,(H,22,24)(H,23,28,29). The van der Waals surface area contributed by atoms with E-state index in [0.717, 1.165) is 11.3 Å². The second-order valence-corrected chi connectivity index (χ2v) is 7.28. The average molecular weight is 416 g/mol. The summed E-state index contributed by atoms with van der Waals surface area (Å²) in [6.45, 7) is 2.03. The fourth-order valence-electron chi connectivity index (χ4n) is 2.74. The summed E-state index contributed by atoms with van der Waals surface area (Å²) in [4.78, 5) is 32.9. The molecule has 0 unspecified atom stereocenters. The molecule has 0 atom stereocenters. The number of H-pyrrole nitrogens is 1. The van der Waals surface area contributed by atoms with E-state index in [1.807, 2.05) is 43.3 Å². The highest BCUT2D eigenvalue weighted by molar-refractivity contribution is 6.29. The zero-order valence-corrected chi connectivity index (χ0v) is 17.4. The Bertz CT molecular complexity index is 1200. The number of rotatable bonds is 6. The number of aromatic nitrogens is 4. The van der Waals surface area contributed by atoms with Gasteiger partial charge in [-0.05, 0) is 24.6 Å². The van der Waals surface area contributed by atoms with Crippen LogP contribution in [0.5, 0.6) is 0 Å². The zero-order chi connectivity index (χ0) is 21.1. The third-order valence-electron chi connectivity index (χ3n) is 4.35. The Balaban J connectivity index is 1.97. The molecule has 29 heavy (non-hydrogen) atoms. The minimum atomic E-state index is -0.535. The van der Waals surface area contributed by atoms with Crippen molar-refractivity contribution < 1.29 is 0 Å². The fraction of sp³-hybridized carbons (Fsp3) is 0.263. The van der Waals surface area contributed by atoms with Gasteiger partial charge in [-0.25, -0.2) is 10.2 Å². The van der Waals surface area contributed by atoms with E-state index in [4.69, 9.17) is 11.6 Å². The van der Waals surface area contributed by atoms with E-state index in [-0.39, 0.29) is 11.2 Å². The molecule has 0 aliphatic carbocycles. The molecular weight excluding hydrogens is 394 g/mol. The SMILES string of the molecule is CC(Cl)=CCn1c(NN=Cc2ccc(N(C)C)cc2)nc2c1c(=O)[nH]c(=O)n2C. The Kier molecular flexibility index (Phi) is 5.88. The molecule has 152 valence electrons. The van der Waals surface area contributed by atoms with Gasteiger partial charge in [0, 0.05) is 38.4 Å². The number of aryl methyl sites for hydroxylation is 1. The highest BCUT2D eigenvalue weighted by atomic mass is 35.5. The van der Waals surface area contributed by atoms with E-state index in [9.17, 15) is 9.59 Å². The third-order valence-corrected chi connectivity index (χ3v) is 4.50. The van der Waals surface area contributed by atoms with Crippen molar-refractivity contribution >= 4 is 40.6 Å². The van der Waals surface area contributed by atoms with Crippen molar-refractivity contribution in [2.24, 2.45) is 12.1 Å². The summed E-state index contributed by atoms with van der Waals surface area (Å²) in [6, 6.07) is 7.86. The highest BCUT2D eigenvalue weighted by Gasteiger charge is 2.16. The summed E-state index contributed by atoms with van der Waals surface area (Å²) in [6.07, 6.45) is 3.39. The number of nitrogens with zero attached hydrogens (tertiary/aromatic N) is 5. The molecule has 10 heteroatoms. The van der Waals surface area contributed by atoms with Gasteiger partial charge in [-0.1, -0.05) is 29.8 Å². The number of aromatic amines is 1. The number of halogens is 1. The Morgan fingerprint density at radius 2 is 2.00 bits per heavy atom. The van der Waals surface area contributed by atoms with Crippen LogP contribution in [0, 0.1) is 0 Å². The van der Waals surface area contributed by atoms with Crippen molar-refractivity contribution in [2.45, 2.75) is 13.5 Å². The molecule has 0 amide bonds. The molecule has 0 bridgehead atoms. The van der Waals surface area contributed by atoms with Gasteiger partial charge in [0.1, 0.15) is 0 Å². The predicted molar refractivity (Wildman–Crippen MR) is 117 cm³/mol. The van der Waals surface area contributed by atoms with Crippen LogP contribution in [0.4, 0.5) is 11.6 Å². The maximum atomic E-state index is 12.4. The second kappa shape index (κ2) is 8.36. The molecule has 9 nitrogen and oxygen atoms in total. The Morgan fingerprint density at radius 3 is 2.62 bits per heavy atom. The van der Waals surface area contributed by atoms with Crippen molar-refractivity contribution in [3.05, 3.63) is 61.8 Å². The van der Waals surface area contributed by atoms with E-state index in [1.54, 1.807) is 30.8 Å². The zero-order valence-electron chi connectivity index (χ0n) is 16.6. The topological polar surface area (TPSA) is 100 Å². The summed E-state index contributed by atoms with van der Waals surface area (Å²) in [5, 5.41) is 4.80. The van der Waals surface area contributed by atoms with Crippen LogP contribution >= 0.6 is 11.6 Å². The minimum absolute atomic E-state index is 0.257. The molecule has 2 heterocycles. The minimum Gasteiger partial charge on any atom is -0.378 e. The van der Waals surface area contributed by atoms with Crippen LogP contribution in [-0.4, -0.2) is 39.4 Å². The molecule has 3 aromatic rings. The Hall–Kier alpha value is -3.33. The smallest absolute Gasteiger partial charge is 0.329 e. The number of hydrazone groups is 1. The molecule has 0 aliphatic rings. The number of hydrogen-bond donors (Lipinski definition) is 2. The van der Waals surface area contributed by atoms with E-state index in [0.29, 0.717) is 17.5 Å². The second-order valence-electron chi connectivity index (χ2n) is 6.68. The lowest BCUT2D eigenvalue weighted by Crippen LogP contribution is -2.29. The number of benzene rings is 1. The van der Waals surface area contributed by atoms with Crippen molar-refractivity contribution in [1.82, 2.24) is 19.1 Å². The van der Waals surface area contributed by atoms with Gasteiger partial charge in [-0.3, -0.25) is 18.9 Å². The molecule has 0 saturated heterocycles. The van der Waals surface area contributed by atoms with Crippen LogP contribution in [0.3, 0.4) is 0 Å². The van der Waals surface area contributed by atoms with Crippen LogP contribution < -0.4 is 21.6 Å². The summed E-state index contributed by atoms with van der Waals surface area (Å²) in [5.74, 6) is 0.321. The van der Waals surface area contributed by atoms with Gasteiger partial charge in [0.25, 0.3) is 5.56 Å². The lowest BCUT2D eigenvalue weighted by atomic mass is 10.2. The van der Waals surface area contributed by atoms with Gasteiger partial charge in [0.15, 0.2) is 11.2 Å².